The Bertz CT molecular complexity index is 1510. The van der Waals surface area contributed by atoms with Gasteiger partial charge in [0.25, 0.3) is 0 Å². The summed E-state index contributed by atoms with van der Waals surface area (Å²) >= 11 is 0. The Morgan fingerprint density at radius 1 is 1.15 bits per heavy atom. The standard InChI is InChI=1S/C36H44N2O9/c1-19-16-20(2)36-24(13-14-25-28(36)29(39)21(3)31(32(25)47-36)46-33(40)26-12-9-15-37-26)17-27(43-5)34(41)45-30(19)22(4)44-35(42)38-18-23-10-7-6-8-11-23/h6-16,19,21-22,24-25,27-32,37,39H,17-18H2,1-5H3,(H,38,42)/b20-16+/t19-,21-,22-,24-,25-,27+,28+,29-,30+,31-,32-,36+/m1/s1. The molecule has 1 saturated carbocycles. The number of aliphatic hydroxyl groups is 1. The number of H-pyrrole nitrogens is 1. The van der Waals surface area contributed by atoms with Crippen LogP contribution in [0.4, 0.5) is 4.79 Å². The van der Waals surface area contributed by atoms with Gasteiger partial charge in [-0.2, -0.15) is 0 Å². The van der Waals surface area contributed by atoms with E-state index >= 15 is 0 Å². The number of nitrogens with one attached hydrogen (secondary N) is 2. The Labute approximate surface area is 274 Å². The molecule has 1 saturated heterocycles. The molecule has 2 aliphatic carbocycles. The summed E-state index contributed by atoms with van der Waals surface area (Å²) in [5, 5.41) is 14.7. The molecule has 1 aromatic carbocycles. The molecule has 11 nitrogen and oxygen atoms in total. The summed E-state index contributed by atoms with van der Waals surface area (Å²) in [5.41, 5.74) is 1.10. The first-order chi connectivity index (χ1) is 22.5. The number of ether oxygens (including phenoxy) is 5. The van der Waals surface area contributed by atoms with Crippen molar-refractivity contribution >= 4 is 18.0 Å². The van der Waals surface area contributed by atoms with Gasteiger partial charge in [-0.1, -0.05) is 62.4 Å². The van der Waals surface area contributed by atoms with E-state index in [1.807, 2.05) is 69.3 Å². The number of amides is 1. The van der Waals surface area contributed by atoms with Crippen molar-refractivity contribution in [1.29, 1.82) is 0 Å². The van der Waals surface area contributed by atoms with Crippen LogP contribution in [0, 0.1) is 29.6 Å². The number of cyclic esters (lactones) is 1. The molecule has 2 aliphatic heterocycles. The first kappa shape index (κ1) is 33.0. The highest BCUT2D eigenvalue weighted by atomic mass is 16.6. The van der Waals surface area contributed by atoms with Gasteiger partial charge in [0.15, 0.2) is 6.10 Å². The summed E-state index contributed by atoms with van der Waals surface area (Å²) in [4.78, 5) is 42.3. The molecular weight excluding hydrogens is 604 g/mol. The van der Waals surface area contributed by atoms with Crippen LogP contribution in [0.1, 0.15) is 50.2 Å². The molecule has 252 valence electrons. The third-order valence-corrected chi connectivity index (χ3v) is 10.5. The SMILES string of the molecule is CO[C@H]1C[C@H]2C=C[C@H]3[C@H]4O[C@]2(/C(C)=C/[C@@H](C)[C@@H]([C@@H](C)OC(=O)NCc2ccccc2)OC1=O)[C@@H]3[C@H](O)[C@@H](C)[C@H]4OC(=O)c1ccc[nH]1. The molecule has 1 amide bonds. The molecule has 1 aromatic heterocycles. The quantitative estimate of drug-likeness (QED) is 0.227. The van der Waals surface area contributed by atoms with Crippen molar-refractivity contribution in [1.82, 2.24) is 10.3 Å². The zero-order valence-corrected chi connectivity index (χ0v) is 27.3. The molecule has 3 heterocycles. The lowest BCUT2D eigenvalue weighted by Gasteiger charge is -2.48. The average Bonchev–Trinajstić information content (AvgIpc) is 3.66. The smallest absolute Gasteiger partial charge is 0.407 e. The van der Waals surface area contributed by atoms with Crippen molar-refractivity contribution < 1.29 is 43.2 Å². The number of alkyl carbamates (subject to hydrolysis) is 1. The monoisotopic (exact) mass is 648 g/mol. The van der Waals surface area contributed by atoms with E-state index in [4.69, 9.17) is 23.7 Å². The van der Waals surface area contributed by atoms with Crippen LogP contribution in [-0.2, 0) is 35.0 Å². The van der Waals surface area contributed by atoms with Crippen LogP contribution < -0.4 is 5.32 Å². The molecule has 0 radical (unpaired) electrons. The third kappa shape index (κ3) is 6.00. The van der Waals surface area contributed by atoms with Crippen molar-refractivity contribution in [3.05, 3.63) is 83.7 Å². The summed E-state index contributed by atoms with van der Waals surface area (Å²) < 4.78 is 30.5. The minimum absolute atomic E-state index is 0.222. The second-order valence-electron chi connectivity index (χ2n) is 13.3. The Kier molecular flexibility index (Phi) is 9.33. The first-order valence-electron chi connectivity index (χ1n) is 16.3. The fourth-order valence-electron chi connectivity index (χ4n) is 8.18. The van der Waals surface area contributed by atoms with Crippen LogP contribution in [-0.4, -0.2) is 77.5 Å². The molecular formula is C36H44N2O9. The van der Waals surface area contributed by atoms with Crippen molar-refractivity contribution in [3.8, 4) is 0 Å². The number of aromatic nitrogens is 1. The van der Waals surface area contributed by atoms with E-state index in [1.165, 1.54) is 7.11 Å². The van der Waals surface area contributed by atoms with Crippen molar-refractivity contribution in [2.75, 3.05) is 7.11 Å². The average molecular weight is 649 g/mol. The van der Waals surface area contributed by atoms with Crippen molar-refractivity contribution in [2.45, 2.75) is 82.9 Å². The molecule has 47 heavy (non-hydrogen) atoms. The van der Waals surface area contributed by atoms with E-state index in [2.05, 4.69) is 10.3 Å². The lowest BCUT2D eigenvalue weighted by molar-refractivity contribution is -0.172. The topological polar surface area (TPSA) is 145 Å². The van der Waals surface area contributed by atoms with Gasteiger partial charge in [0.05, 0.1) is 6.10 Å². The lowest BCUT2D eigenvalue weighted by atomic mass is 9.57. The van der Waals surface area contributed by atoms with Crippen LogP contribution in [0.2, 0.25) is 0 Å². The molecule has 0 unspecified atom stereocenters. The summed E-state index contributed by atoms with van der Waals surface area (Å²) in [6, 6.07) is 12.8. The number of esters is 2. The molecule has 3 N–H and O–H groups in total. The van der Waals surface area contributed by atoms with Crippen LogP contribution >= 0.6 is 0 Å². The van der Waals surface area contributed by atoms with Crippen molar-refractivity contribution in [2.24, 2.45) is 29.6 Å². The highest BCUT2D eigenvalue weighted by Gasteiger charge is 2.69. The predicted molar refractivity (Wildman–Crippen MR) is 170 cm³/mol. The van der Waals surface area contributed by atoms with E-state index in [0.717, 1.165) is 11.1 Å². The van der Waals surface area contributed by atoms with E-state index < -0.39 is 72.1 Å². The van der Waals surface area contributed by atoms with Crippen molar-refractivity contribution in [3.63, 3.8) is 0 Å². The van der Waals surface area contributed by atoms with Gasteiger partial charge in [-0.25, -0.2) is 14.4 Å². The maximum atomic E-state index is 13.6. The molecule has 12 atom stereocenters. The number of methoxy groups -OCH3 is 1. The zero-order valence-electron chi connectivity index (χ0n) is 27.3. The number of carbonyl (C=O) groups is 3. The highest BCUT2D eigenvalue weighted by molar-refractivity contribution is 5.87. The Morgan fingerprint density at radius 2 is 1.91 bits per heavy atom. The molecule has 11 heteroatoms. The fraction of sp³-hybridized carbons (Fsp3) is 0.528. The molecule has 2 fully saturated rings. The summed E-state index contributed by atoms with van der Waals surface area (Å²) in [6.45, 7) is 7.73. The van der Waals surface area contributed by atoms with Gasteiger partial charge in [-0.15, -0.1) is 0 Å². The van der Waals surface area contributed by atoms with Gasteiger partial charge in [0, 0.05) is 49.4 Å². The minimum atomic E-state index is -1.00. The second-order valence-corrected chi connectivity index (χ2v) is 13.3. The fourth-order valence-corrected chi connectivity index (χ4v) is 8.18. The maximum Gasteiger partial charge on any atom is 0.407 e. The molecule has 4 bridgehead atoms. The summed E-state index contributed by atoms with van der Waals surface area (Å²) in [5.74, 6) is -2.83. The molecule has 4 aliphatic rings. The first-order valence-corrected chi connectivity index (χ1v) is 16.3. The highest BCUT2D eigenvalue weighted by Crippen LogP contribution is 2.61. The number of carbonyl (C=O) groups excluding carboxylic acids is 3. The van der Waals surface area contributed by atoms with Crippen LogP contribution in [0.5, 0.6) is 0 Å². The number of benzene rings is 1. The Hall–Kier alpha value is -3.93. The van der Waals surface area contributed by atoms with Gasteiger partial charge >= 0.3 is 18.0 Å². The number of hydrogen-bond donors (Lipinski definition) is 3. The van der Waals surface area contributed by atoms with E-state index in [9.17, 15) is 19.5 Å². The van der Waals surface area contributed by atoms with Crippen LogP contribution in [0.3, 0.4) is 0 Å². The van der Waals surface area contributed by atoms with Gasteiger partial charge < -0.3 is 39.1 Å². The van der Waals surface area contributed by atoms with Gasteiger partial charge in [-0.05, 0) is 43.5 Å². The van der Waals surface area contributed by atoms with E-state index in [1.54, 1.807) is 25.3 Å². The Balaban J connectivity index is 1.29. The van der Waals surface area contributed by atoms with E-state index in [-0.39, 0.29) is 30.7 Å². The number of aliphatic hydroxyl groups excluding tert-OH is 1. The van der Waals surface area contributed by atoms with Gasteiger partial charge in [0.2, 0.25) is 0 Å². The van der Waals surface area contributed by atoms with E-state index in [0.29, 0.717) is 5.69 Å². The molecule has 6 rings (SSSR count). The normalized spacial score (nSPS) is 37.8. The van der Waals surface area contributed by atoms with Gasteiger partial charge in [-0.3, -0.25) is 0 Å². The number of aromatic amines is 1. The van der Waals surface area contributed by atoms with Crippen LogP contribution in [0.25, 0.3) is 0 Å². The largest absolute Gasteiger partial charge is 0.456 e. The molecule has 1 spiro atoms. The third-order valence-electron chi connectivity index (χ3n) is 10.5. The summed E-state index contributed by atoms with van der Waals surface area (Å²) in [6.07, 6.45) is 2.65. The second kappa shape index (κ2) is 13.3. The lowest BCUT2D eigenvalue weighted by Crippen LogP contribution is -2.57. The molecule has 2 aromatic rings. The summed E-state index contributed by atoms with van der Waals surface area (Å²) in [7, 11) is 1.46. The minimum Gasteiger partial charge on any atom is -0.456 e. The van der Waals surface area contributed by atoms with Crippen LogP contribution in [0.15, 0.2) is 72.5 Å². The predicted octanol–water partition coefficient (Wildman–Crippen LogP) is 4.33. The van der Waals surface area contributed by atoms with Gasteiger partial charge in [0.1, 0.15) is 35.7 Å². The maximum absolute atomic E-state index is 13.6. The number of rotatable bonds is 7. The number of hydrogen-bond acceptors (Lipinski definition) is 9. The Morgan fingerprint density at radius 3 is 2.62 bits per heavy atom. The zero-order chi connectivity index (χ0) is 33.5.